The third-order valence-electron chi connectivity index (χ3n) is 6.25. The molecule has 1 amide bonds. The quantitative estimate of drug-likeness (QED) is 0.468. The zero-order chi connectivity index (χ0) is 25.6. The van der Waals surface area contributed by atoms with Gasteiger partial charge in [-0.3, -0.25) is 14.5 Å². The molecule has 0 unspecified atom stereocenters. The fraction of sp³-hybridized carbons (Fsp3) is 0.654. The number of ether oxygens (including phenoxy) is 4. The Hall–Kier alpha value is -2.45. The van der Waals surface area contributed by atoms with Crippen molar-refractivity contribution >= 4 is 17.7 Å². The number of nitrogens with zero attached hydrogens (tertiary/aromatic N) is 1. The SMILES string of the molecule is COc1ccccc1C(=O)[C@@H](C)CC(=O)[C@H](C)[C@@H](OC)[C@@H]1C[C@@H](OC)CN1C(=O)OC(C)(C)C. The van der Waals surface area contributed by atoms with Crippen LogP contribution in [0.15, 0.2) is 24.3 Å². The maximum absolute atomic E-state index is 13.2. The molecule has 0 spiro atoms. The lowest BCUT2D eigenvalue weighted by atomic mass is 9.85. The molecule has 1 aliphatic heterocycles. The maximum Gasteiger partial charge on any atom is 0.410 e. The lowest BCUT2D eigenvalue weighted by Crippen LogP contribution is -2.49. The van der Waals surface area contributed by atoms with Crippen LogP contribution in [0.25, 0.3) is 0 Å². The van der Waals surface area contributed by atoms with Crippen molar-refractivity contribution in [1.82, 2.24) is 4.90 Å². The van der Waals surface area contributed by atoms with Crippen molar-refractivity contribution in [3.8, 4) is 5.75 Å². The van der Waals surface area contributed by atoms with Gasteiger partial charge in [-0.25, -0.2) is 4.79 Å². The minimum atomic E-state index is -0.648. The smallest absolute Gasteiger partial charge is 0.410 e. The lowest BCUT2D eigenvalue weighted by Gasteiger charge is -2.34. The molecule has 2 rings (SSSR count). The minimum Gasteiger partial charge on any atom is -0.496 e. The third-order valence-corrected chi connectivity index (χ3v) is 6.25. The number of methoxy groups -OCH3 is 3. The van der Waals surface area contributed by atoms with Gasteiger partial charge in [-0.2, -0.15) is 0 Å². The van der Waals surface area contributed by atoms with Crippen LogP contribution < -0.4 is 4.74 Å². The van der Waals surface area contributed by atoms with E-state index in [1.807, 2.05) is 20.8 Å². The summed E-state index contributed by atoms with van der Waals surface area (Å²) >= 11 is 0. The lowest BCUT2D eigenvalue weighted by molar-refractivity contribution is -0.129. The van der Waals surface area contributed by atoms with Crippen LogP contribution in [0.1, 0.15) is 57.8 Å². The summed E-state index contributed by atoms with van der Waals surface area (Å²) in [7, 11) is 4.64. The normalized spacial score (nSPS) is 21.0. The first-order chi connectivity index (χ1) is 15.9. The molecule has 0 aromatic heterocycles. The van der Waals surface area contributed by atoms with E-state index in [0.29, 0.717) is 24.3 Å². The number of Topliss-reactive ketones (excluding diaryl/α,β-unsaturated/α-hetero) is 2. The van der Waals surface area contributed by atoms with Crippen LogP contribution in [0.3, 0.4) is 0 Å². The van der Waals surface area contributed by atoms with Gasteiger partial charge in [0.2, 0.25) is 0 Å². The molecular weight excluding hydrogens is 438 g/mol. The molecule has 1 saturated heterocycles. The zero-order valence-corrected chi connectivity index (χ0v) is 21.6. The number of ketones is 2. The van der Waals surface area contributed by atoms with E-state index < -0.39 is 29.6 Å². The first kappa shape index (κ1) is 27.8. The molecule has 0 aliphatic carbocycles. The molecule has 1 aromatic rings. The summed E-state index contributed by atoms with van der Waals surface area (Å²) in [6.45, 7) is 9.31. The number of carbonyl (C=O) groups excluding carboxylic acids is 3. The Bertz CT molecular complexity index is 863. The number of benzene rings is 1. The third kappa shape index (κ3) is 6.79. The van der Waals surface area contributed by atoms with Crippen LogP contribution in [0.5, 0.6) is 5.75 Å². The highest BCUT2D eigenvalue weighted by atomic mass is 16.6. The molecular formula is C26H39NO7. The second kappa shape index (κ2) is 11.8. The fourth-order valence-corrected chi connectivity index (χ4v) is 4.41. The fourth-order valence-electron chi connectivity index (χ4n) is 4.41. The Morgan fingerprint density at radius 1 is 1.09 bits per heavy atom. The number of likely N-dealkylation sites (tertiary alicyclic amines) is 1. The molecule has 0 N–H and O–H groups in total. The van der Waals surface area contributed by atoms with Crippen LogP contribution in [-0.2, 0) is 19.0 Å². The highest BCUT2D eigenvalue weighted by Gasteiger charge is 2.45. The zero-order valence-electron chi connectivity index (χ0n) is 21.6. The van der Waals surface area contributed by atoms with Crippen molar-refractivity contribution in [3.63, 3.8) is 0 Å². The molecule has 0 bridgehead atoms. The molecule has 34 heavy (non-hydrogen) atoms. The van der Waals surface area contributed by atoms with E-state index in [9.17, 15) is 14.4 Å². The van der Waals surface area contributed by atoms with Crippen molar-refractivity contribution < 1.29 is 33.3 Å². The average Bonchev–Trinajstić information content (AvgIpc) is 3.22. The Morgan fingerprint density at radius 2 is 1.74 bits per heavy atom. The molecule has 0 radical (unpaired) electrons. The second-order valence-electron chi connectivity index (χ2n) is 9.92. The van der Waals surface area contributed by atoms with E-state index >= 15 is 0 Å². The predicted octanol–water partition coefficient (Wildman–Crippen LogP) is 4.15. The molecule has 1 heterocycles. The van der Waals surface area contributed by atoms with Gasteiger partial charge in [0.1, 0.15) is 17.1 Å². The summed E-state index contributed by atoms with van der Waals surface area (Å²) in [5.41, 5.74) is -0.193. The van der Waals surface area contributed by atoms with Gasteiger partial charge in [-0.15, -0.1) is 0 Å². The van der Waals surface area contributed by atoms with Gasteiger partial charge >= 0.3 is 6.09 Å². The largest absolute Gasteiger partial charge is 0.496 e. The van der Waals surface area contributed by atoms with Crippen LogP contribution in [-0.4, -0.2) is 74.3 Å². The van der Waals surface area contributed by atoms with Crippen molar-refractivity contribution in [1.29, 1.82) is 0 Å². The minimum absolute atomic E-state index is 0.0603. The van der Waals surface area contributed by atoms with Gasteiger partial charge < -0.3 is 18.9 Å². The van der Waals surface area contributed by atoms with Gasteiger partial charge in [0.25, 0.3) is 0 Å². The summed E-state index contributed by atoms with van der Waals surface area (Å²) in [5, 5.41) is 0. The van der Waals surface area contributed by atoms with Crippen LogP contribution in [0, 0.1) is 11.8 Å². The van der Waals surface area contributed by atoms with E-state index in [-0.39, 0.29) is 30.1 Å². The van der Waals surface area contributed by atoms with Crippen LogP contribution >= 0.6 is 0 Å². The Labute approximate surface area is 202 Å². The first-order valence-electron chi connectivity index (χ1n) is 11.7. The molecule has 8 nitrogen and oxygen atoms in total. The highest BCUT2D eigenvalue weighted by Crippen LogP contribution is 2.31. The van der Waals surface area contributed by atoms with Gasteiger partial charge in [0.05, 0.1) is 37.5 Å². The molecule has 1 aromatic carbocycles. The number of para-hydroxylation sites is 1. The summed E-state index contributed by atoms with van der Waals surface area (Å²) in [6.07, 6.45) is -0.609. The van der Waals surface area contributed by atoms with E-state index in [1.165, 1.54) is 14.2 Å². The first-order valence-corrected chi connectivity index (χ1v) is 11.7. The van der Waals surface area contributed by atoms with Crippen LogP contribution in [0.2, 0.25) is 0 Å². The average molecular weight is 478 g/mol. The van der Waals surface area contributed by atoms with Gasteiger partial charge in [-0.05, 0) is 39.3 Å². The summed E-state index contributed by atoms with van der Waals surface area (Å²) in [4.78, 5) is 40.7. The molecule has 5 atom stereocenters. The number of hydrogen-bond donors (Lipinski definition) is 0. The van der Waals surface area contributed by atoms with E-state index in [1.54, 1.807) is 50.1 Å². The molecule has 8 heteroatoms. The topological polar surface area (TPSA) is 91.4 Å². The van der Waals surface area contributed by atoms with Crippen molar-refractivity contribution in [3.05, 3.63) is 29.8 Å². The van der Waals surface area contributed by atoms with E-state index in [4.69, 9.17) is 18.9 Å². The van der Waals surface area contributed by atoms with Gasteiger partial charge in [0, 0.05) is 32.5 Å². The Balaban J connectivity index is 2.15. The Morgan fingerprint density at radius 3 is 2.29 bits per heavy atom. The van der Waals surface area contributed by atoms with Crippen molar-refractivity contribution in [2.75, 3.05) is 27.9 Å². The summed E-state index contributed by atoms with van der Waals surface area (Å²) in [5.74, 6) is -0.834. The highest BCUT2D eigenvalue weighted by molar-refractivity contribution is 6.02. The molecule has 1 aliphatic rings. The van der Waals surface area contributed by atoms with E-state index in [2.05, 4.69) is 0 Å². The second-order valence-corrected chi connectivity index (χ2v) is 9.92. The molecule has 0 saturated carbocycles. The predicted molar refractivity (Wildman–Crippen MR) is 128 cm³/mol. The molecule has 190 valence electrons. The number of carbonyl (C=O) groups is 3. The molecule has 1 fully saturated rings. The van der Waals surface area contributed by atoms with Gasteiger partial charge in [-0.1, -0.05) is 26.0 Å². The van der Waals surface area contributed by atoms with Crippen molar-refractivity contribution in [2.24, 2.45) is 11.8 Å². The van der Waals surface area contributed by atoms with Crippen molar-refractivity contribution in [2.45, 2.75) is 71.3 Å². The van der Waals surface area contributed by atoms with E-state index in [0.717, 1.165) is 0 Å². The summed E-state index contributed by atoms with van der Waals surface area (Å²) in [6, 6.07) is 6.60. The monoisotopic (exact) mass is 477 g/mol. The van der Waals surface area contributed by atoms with Crippen LogP contribution in [0.4, 0.5) is 4.79 Å². The number of amides is 1. The number of rotatable bonds is 10. The Kier molecular flexibility index (Phi) is 9.64. The van der Waals surface area contributed by atoms with Gasteiger partial charge in [0.15, 0.2) is 5.78 Å². The maximum atomic E-state index is 13.2. The standard InChI is InChI=1S/C26H39NO7/c1-16(23(29)19-11-9-10-12-22(19)32-7)13-21(28)17(2)24(33-8)20-14-18(31-6)15-27(20)25(30)34-26(3,4)5/h9-12,16-18,20,24H,13-15H2,1-8H3/t16-,17-,18+,20-,24+/m0/s1. The number of hydrogen-bond acceptors (Lipinski definition) is 7. The summed E-state index contributed by atoms with van der Waals surface area (Å²) < 4.78 is 22.1.